The number of rotatable bonds is 1. The first-order valence-electron chi connectivity index (χ1n) is 5.13. The van der Waals surface area contributed by atoms with E-state index in [9.17, 15) is 5.11 Å². The van der Waals surface area contributed by atoms with Gasteiger partial charge in [-0.05, 0) is 11.5 Å². The van der Waals surface area contributed by atoms with E-state index in [0.29, 0.717) is 12.0 Å². The fourth-order valence-corrected chi connectivity index (χ4v) is 1.60. The molecule has 2 heteroatoms. The first-order valence-corrected chi connectivity index (χ1v) is 5.13. The molecule has 0 bridgehead atoms. The van der Waals surface area contributed by atoms with Crippen LogP contribution in [0.15, 0.2) is 36.4 Å². The van der Waals surface area contributed by atoms with Crippen LogP contribution in [0.4, 0.5) is 0 Å². The van der Waals surface area contributed by atoms with Crippen molar-refractivity contribution in [3.63, 3.8) is 0 Å². The van der Waals surface area contributed by atoms with Crippen molar-refractivity contribution in [2.45, 2.75) is 6.42 Å². The van der Waals surface area contributed by atoms with E-state index in [4.69, 9.17) is 5.11 Å². The average Bonchev–Trinajstić information content (AvgIpc) is 2.32. The number of aromatic hydroxyl groups is 1. The summed E-state index contributed by atoms with van der Waals surface area (Å²) in [6, 6.07) is 11.3. The number of phenolic OH excluding ortho intramolecular Hbond substituents is 1. The Bertz CT molecular complexity index is 562. The van der Waals surface area contributed by atoms with Gasteiger partial charge in [-0.3, -0.25) is 0 Å². The second-order valence-corrected chi connectivity index (χ2v) is 3.46. The number of fused-ring (bicyclic) bond motifs is 1. The van der Waals surface area contributed by atoms with Crippen LogP contribution >= 0.6 is 0 Å². The fraction of sp³-hybridized carbons (Fsp3) is 0.143. The Labute approximate surface area is 94.2 Å². The molecule has 0 atom stereocenters. The van der Waals surface area contributed by atoms with Crippen molar-refractivity contribution in [1.82, 2.24) is 0 Å². The highest BCUT2D eigenvalue weighted by Gasteiger charge is 2.02. The molecular weight excluding hydrogens is 200 g/mol. The van der Waals surface area contributed by atoms with Crippen LogP contribution in [0.2, 0.25) is 0 Å². The number of benzene rings is 2. The SMILES string of the molecule is OCCC#Cc1c(O)ccc2ccccc12. The summed E-state index contributed by atoms with van der Waals surface area (Å²) in [5.74, 6) is 5.91. The van der Waals surface area contributed by atoms with Crippen molar-refractivity contribution >= 4 is 10.8 Å². The highest BCUT2D eigenvalue weighted by atomic mass is 16.3. The summed E-state index contributed by atoms with van der Waals surface area (Å²) in [6.07, 6.45) is 0.419. The van der Waals surface area contributed by atoms with E-state index in [1.165, 1.54) is 0 Å². The van der Waals surface area contributed by atoms with Crippen LogP contribution in [0.25, 0.3) is 10.8 Å². The van der Waals surface area contributed by atoms with Crippen molar-refractivity contribution in [2.24, 2.45) is 0 Å². The van der Waals surface area contributed by atoms with Crippen LogP contribution in [0, 0.1) is 11.8 Å². The molecule has 2 aromatic rings. The summed E-state index contributed by atoms with van der Waals surface area (Å²) in [6.45, 7) is 0.0402. The van der Waals surface area contributed by atoms with Gasteiger partial charge in [0.15, 0.2) is 0 Å². The Morgan fingerprint density at radius 2 is 1.88 bits per heavy atom. The zero-order chi connectivity index (χ0) is 11.4. The minimum atomic E-state index is 0.0402. The lowest BCUT2D eigenvalue weighted by Gasteiger charge is -2.02. The quantitative estimate of drug-likeness (QED) is 0.712. The van der Waals surface area contributed by atoms with E-state index < -0.39 is 0 Å². The molecule has 0 unspecified atom stereocenters. The van der Waals surface area contributed by atoms with Crippen molar-refractivity contribution in [3.05, 3.63) is 42.0 Å². The molecule has 0 radical (unpaired) electrons. The summed E-state index contributed by atoms with van der Waals surface area (Å²) in [7, 11) is 0. The van der Waals surface area contributed by atoms with Gasteiger partial charge >= 0.3 is 0 Å². The normalized spacial score (nSPS) is 9.81. The Morgan fingerprint density at radius 3 is 2.69 bits per heavy atom. The maximum atomic E-state index is 9.74. The molecule has 0 heterocycles. The molecule has 0 saturated heterocycles. The maximum Gasteiger partial charge on any atom is 0.131 e. The highest BCUT2D eigenvalue weighted by Crippen LogP contribution is 2.25. The summed E-state index contributed by atoms with van der Waals surface area (Å²) in [5.41, 5.74) is 0.631. The molecule has 0 saturated carbocycles. The minimum Gasteiger partial charge on any atom is -0.507 e. The number of hydrogen-bond acceptors (Lipinski definition) is 2. The molecule has 2 aromatic carbocycles. The first kappa shape index (κ1) is 10.5. The Morgan fingerprint density at radius 1 is 1.06 bits per heavy atom. The topological polar surface area (TPSA) is 40.5 Å². The third kappa shape index (κ3) is 2.00. The number of aliphatic hydroxyl groups excluding tert-OH is 1. The molecule has 16 heavy (non-hydrogen) atoms. The lowest BCUT2D eigenvalue weighted by molar-refractivity contribution is 0.305. The van der Waals surface area contributed by atoms with Gasteiger partial charge in [0.2, 0.25) is 0 Å². The number of hydrogen-bond donors (Lipinski definition) is 2. The van der Waals surface area contributed by atoms with E-state index in [-0.39, 0.29) is 12.4 Å². The standard InChI is InChI=1S/C14H12O2/c15-10-4-3-7-13-12-6-2-1-5-11(12)8-9-14(13)16/h1-2,5-6,8-9,15-16H,4,10H2. The van der Waals surface area contributed by atoms with Gasteiger partial charge in [-0.15, -0.1) is 0 Å². The molecule has 0 aliphatic rings. The van der Waals surface area contributed by atoms with Crippen molar-refractivity contribution in [1.29, 1.82) is 0 Å². The lowest BCUT2D eigenvalue weighted by atomic mass is 10.0. The summed E-state index contributed by atoms with van der Waals surface area (Å²) < 4.78 is 0. The molecule has 0 aliphatic carbocycles. The van der Waals surface area contributed by atoms with Gasteiger partial charge in [0.05, 0.1) is 12.2 Å². The molecule has 0 spiro atoms. The molecule has 2 N–H and O–H groups in total. The zero-order valence-corrected chi connectivity index (χ0v) is 8.77. The van der Waals surface area contributed by atoms with E-state index in [2.05, 4.69) is 11.8 Å². The highest BCUT2D eigenvalue weighted by molar-refractivity contribution is 5.90. The smallest absolute Gasteiger partial charge is 0.131 e. The third-order valence-electron chi connectivity index (χ3n) is 2.36. The minimum absolute atomic E-state index is 0.0402. The average molecular weight is 212 g/mol. The van der Waals surface area contributed by atoms with Crippen LogP contribution < -0.4 is 0 Å². The monoisotopic (exact) mass is 212 g/mol. The Hall–Kier alpha value is -1.98. The lowest BCUT2D eigenvalue weighted by Crippen LogP contribution is -1.82. The van der Waals surface area contributed by atoms with E-state index in [0.717, 1.165) is 10.8 Å². The number of phenols is 1. The van der Waals surface area contributed by atoms with Crippen molar-refractivity contribution in [3.8, 4) is 17.6 Å². The molecule has 2 nitrogen and oxygen atoms in total. The first-order chi connectivity index (χ1) is 7.83. The Kier molecular flexibility index (Phi) is 3.09. The van der Waals surface area contributed by atoms with Gasteiger partial charge in [0.1, 0.15) is 5.75 Å². The van der Waals surface area contributed by atoms with Crippen LogP contribution in [0.3, 0.4) is 0 Å². The third-order valence-corrected chi connectivity index (χ3v) is 2.36. The molecule has 2 rings (SSSR count). The van der Waals surface area contributed by atoms with Gasteiger partial charge in [-0.2, -0.15) is 0 Å². The molecule has 0 amide bonds. The second kappa shape index (κ2) is 4.69. The second-order valence-electron chi connectivity index (χ2n) is 3.46. The van der Waals surface area contributed by atoms with E-state index in [1.54, 1.807) is 6.07 Å². The van der Waals surface area contributed by atoms with E-state index in [1.807, 2.05) is 30.3 Å². The number of aliphatic hydroxyl groups is 1. The molecule has 0 aromatic heterocycles. The fourth-order valence-electron chi connectivity index (χ4n) is 1.60. The van der Waals surface area contributed by atoms with E-state index >= 15 is 0 Å². The van der Waals surface area contributed by atoms with Gasteiger partial charge in [-0.25, -0.2) is 0 Å². The zero-order valence-electron chi connectivity index (χ0n) is 8.77. The van der Waals surface area contributed by atoms with Crippen LogP contribution in [0.1, 0.15) is 12.0 Å². The molecule has 0 fully saturated rings. The van der Waals surface area contributed by atoms with Gasteiger partial charge in [0, 0.05) is 11.8 Å². The maximum absolute atomic E-state index is 9.74. The Balaban J connectivity index is 2.58. The summed E-state index contributed by atoms with van der Waals surface area (Å²) in [5, 5.41) is 20.4. The van der Waals surface area contributed by atoms with Gasteiger partial charge in [0.25, 0.3) is 0 Å². The van der Waals surface area contributed by atoms with Gasteiger partial charge in [-0.1, -0.05) is 42.2 Å². The summed E-state index contributed by atoms with van der Waals surface area (Å²) in [4.78, 5) is 0. The molecular formula is C14H12O2. The van der Waals surface area contributed by atoms with Crippen LogP contribution in [0.5, 0.6) is 5.75 Å². The van der Waals surface area contributed by atoms with Gasteiger partial charge < -0.3 is 10.2 Å². The van der Waals surface area contributed by atoms with Crippen LogP contribution in [-0.4, -0.2) is 16.8 Å². The predicted molar refractivity (Wildman–Crippen MR) is 64.2 cm³/mol. The molecule has 0 aliphatic heterocycles. The predicted octanol–water partition coefficient (Wildman–Crippen LogP) is 2.28. The largest absolute Gasteiger partial charge is 0.507 e. The van der Waals surface area contributed by atoms with Crippen LogP contribution in [-0.2, 0) is 0 Å². The molecule has 80 valence electrons. The summed E-state index contributed by atoms with van der Waals surface area (Å²) >= 11 is 0. The van der Waals surface area contributed by atoms with Crippen molar-refractivity contribution in [2.75, 3.05) is 6.61 Å². The van der Waals surface area contributed by atoms with Crippen molar-refractivity contribution < 1.29 is 10.2 Å².